The van der Waals surface area contributed by atoms with Gasteiger partial charge in [-0.15, -0.1) is 0 Å². The number of carbonyl (C=O) groups is 1. The van der Waals surface area contributed by atoms with E-state index in [0.29, 0.717) is 0 Å². The Bertz CT molecular complexity index is 530. The minimum atomic E-state index is -4.32. The topological polar surface area (TPSA) is 54.5 Å². The molecule has 94 valence electrons. The molecule has 0 aliphatic heterocycles. The summed E-state index contributed by atoms with van der Waals surface area (Å²) in [6.45, 7) is 0. The number of benzene rings is 1. The molecule has 1 unspecified atom stereocenters. The molecular formula is C10H11BrFNO3S. The molecule has 7 heteroatoms. The fourth-order valence-electron chi connectivity index (χ4n) is 1.12. The highest BCUT2D eigenvalue weighted by atomic mass is 79.9. The molecule has 0 spiro atoms. The molecule has 4 nitrogen and oxygen atoms in total. The zero-order valence-corrected chi connectivity index (χ0v) is 11.6. The molecule has 1 atom stereocenters. The van der Waals surface area contributed by atoms with Crippen molar-refractivity contribution in [1.29, 1.82) is 0 Å². The van der Waals surface area contributed by atoms with Crippen molar-refractivity contribution < 1.29 is 17.6 Å². The first-order valence-corrected chi connectivity index (χ1v) is 6.96. The molecule has 17 heavy (non-hydrogen) atoms. The summed E-state index contributed by atoms with van der Waals surface area (Å²) >= 11 is 3.02. The van der Waals surface area contributed by atoms with Gasteiger partial charge in [0.25, 0.3) is 11.4 Å². The van der Waals surface area contributed by atoms with Gasteiger partial charge in [0.15, 0.2) is 0 Å². The Kier molecular flexibility index (Phi) is 4.26. The van der Waals surface area contributed by atoms with Crippen molar-refractivity contribution in [3.05, 3.63) is 28.7 Å². The van der Waals surface area contributed by atoms with Crippen LogP contribution in [0.5, 0.6) is 0 Å². The summed E-state index contributed by atoms with van der Waals surface area (Å²) in [5, 5.41) is 0. The molecule has 0 heterocycles. The van der Waals surface area contributed by atoms with Gasteiger partial charge in [-0.2, -0.15) is 0 Å². The highest BCUT2D eigenvalue weighted by Crippen LogP contribution is 2.26. The Morgan fingerprint density at radius 1 is 1.35 bits per heavy atom. The monoisotopic (exact) mass is 323 g/mol. The Hall–Kier alpha value is -0.950. The molecule has 1 rings (SSSR count). The van der Waals surface area contributed by atoms with Crippen LogP contribution in [-0.4, -0.2) is 38.8 Å². The smallest absolute Gasteiger partial charge is 0.282 e. The van der Waals surface area contributed by atoms with Crippen molar-refractivity contribution in [3.63, 3.8) is 0 Å². The number of carbonyl (C=O) groups excluding carboxylic acids is 1. The summed E-state index contributed by atoms with van der Waals surface area (Å²) in [6, 6.07) is 5.78. The quantitative estimate of drug-likeness (QED) is 0.849. The summed E-state index contributed by atoms with van der Waals surface area (Å²) in [7, 11) is -1.73. The van der Waals surface area contributed by atoms with Gasteiger partial charge in [0.1, 0.15) is 0 Å². The van der Waals surface area contributed by atoms with Crippen molar-refractivity contribution in [2.75, 3.05) is 14.1 Å². The predicted molar refractivity (Wildman–Crippen MR) is 64.9 cm³/mol. The maximum atomic E-state index is 13.7. The van der Waals surface area contributed by atoms with Crippen molar-refractivity contribution in [2.45, 2.75) is 10.4 Å². The maximum absolute atomic E-state index is 13.7. The Morgan fingerprint density at radius 3 is 2.35 bits per heavy atom. The number of halogens is 2. The van der Waals surface area contributed by atoms with Gasteiger partial charge < -0.3 is 4.90 Å². The highest BCUT2D eigenvalue weighted by Gasteiger charge is 2.36. The Balaban J connectivity index is 3.22. The summed E-state index contributed by atoms with van der Waals surface area (Å²) in [5.74, 6) is -1.10. The molecular weight excluding hydrogens is 313 g/mol. The second kappa shape index (κ2) is 5.14. The molecule has 0 fully saturated rings. The molecule has 0 N–H and O–H groups in total. The number of hydrogen-bond acceptors (Lipinski definition) is 3. The van der Waals surface area contributed by atoms with E-state index in [9.17, 15) is 17.6 Å². The van der Waals surface area contributed by atoms with Crippen LogP contribution < -0.4 is 0 Å². The second-order valence-corrected chi connectivity index (χ2v) is 6.32. The number of amides is 1. The lowest BCUT2D eigenvalue weighted by Crippen LogP contribution is -2.36. The van der Waals surface area contributed by atoms with Gasteiger partial charge in [0.05, 0.1) is 4.90 Å². The SMILES string of the molecule is CN(C)C(=O)C(F)S(=O)(=O)c1ccccc1Br. The maximum Gasteiger partial charge on any atom is 0.282 e. The molecule has 1 aromatic rings. The van der Waals surface area contributed by atoms with Crippen molar-refractivity contribution in [3.8, 4) is 0 Å². The average Bonchev–Trinajstić information content (AvgIpc) is 2.27. The molecule has 0 saturated carbocycles. The Morgan fingerprint density at radius 2 is 1.88 bits per heavy atom. The van der Waals surface area contributed by atoms with Gasteiger partial charge in [-0.05, 0) is 28.1 Å². The van der Waals surface area contributed by atoms with E-state index < -0.39 is 21.2 Å². The van der Waals surface area contributed by atoms with E-state index in [1.807, 2.05) is 0 Å². The highest BCUT2D eigenvalue weighted by molar-refractivity contribution is 9.10. The van der Waals surface area contributed by atoms with Crippen LogP contribution in [-0.2, 0) is 14.6 Å². The third kappa shape index (κ3) is 2.84. The van der Waals surface area contributed by atoms with Crippen LogP contribution in [0.1, 0.15) is 0 Å². The minimum Gasteiger partial charge on any atom is -0.345 e. The molecule has 0 radical (unpaired) electrons. The van der Waals surface area contributed by atoms with Crippen LogP contribution >= 0.6 is 15.9 Å². The molecule has 0 bridgehead atoms. The van der Waals surface area contributed by atoms with Gasteiger partial charge in [-0.3, -0.25) is 4.79 Å². The standard InChI is InChI=1S/C10H11BrFNO3S/c1-13(2)10(14)9(12)17(15,16)8-6-4-3-5-7(8)11/h3-6,9H,1-2H3. The van der Waals surface area contributed by atoms with Crippen LogP contribution in [0.25, 0.3) is 0 Å². The molecule has 0 aliphatic carbocycles. The third-order valence-corrected chi connectivity index (χ3v) is 4.72. The Labute approximate surface area is 107 Å². The van der Waals surface area contributed by atoms with Gasteiger partial charge >= 0.3 is 0 Å². The number of sulfone groups is 1. The van der Waals surface area contributed by atoms with Gasteiger partial charge in [-0.1, -0.05) is 12.1 Å². The first kappa shape index (κ1) is 14.1. The fourth-order valence-corrected chi connectivity index (χ4v) is 3.39. The van der Waals surface area contributed by atoms with Crippen LogP contribution in [0.4, 0.5) is 4.39 Å². The number of hydrogen-bond donors (Lipinski definition) is 0. The molecule has 1 aromatic carbocycles. The third-order valence-electron chi connectivity index (χ3n) is 2.05. The van der Waals surface area contributed by atoms with E-state index in [4.69, 9.17) is 0 Å². The van der Waals surface area contributed by atoms with E-state index in [1.165, 1.54) is 32.3 Å². The van der Waals surface area contributed by atoms with E-state index in [1.54, 1.807) is 6.07 Å². The van der Waals surface area contributed by atoms with Crippen molar-refractivity contribution in [1.82, 2.24) is 4.90 Å². The summed E-state index contributed by atoms with van der Waals surface area (Å²) in [4.78, 5) is 12.0. The van der Waals surface area contributed by atoms with Crippen molar-refractivity contribution in [2.24, 2.45) is 0 Å². The van der Waals surface area contributed by atoms with Crippen molar-refractivity contribution >= 4 is 31.7 Å². The number of alkyl halides is 1. The lowest BCUT2D eigenvalue weighted by atomic mass is 10.4. The van der Waals surface area contributed by atoms with E-state index in [0.717, 1.165) is 4.90 Å². The van der Waals surface area contributed by atoms with E-state index in [2.05, 4.69) is 15.9 Å². The number of rotatable bonds is 3. The largest absolute Gasteiger partial charge is 0.345 e. The summed E-state index contributed by atoms with van der Waals surface area (Å²) in [5.41, 5.74) is -2.59. The summed E-state index contributed by atoms with van der Waals surface area (Å²) < 4.78 is 37.6. The van der Waals surface area contributed by atoms with Crippen LogP contribution in [0.15, 0.2) is 33.6 Å². The van der Waals surface area contributed by atoms with Gasteiger partial charge in [0, 0.05) is 18.6 Å². The molecule has 0 saturated heterocycles. The average molecular weight is 324 g/mol. The first-order valence-electron chi connectivity index (χ1n) is 4.62. The predicted octanol–water partition coefficient (Wildman–Crippen LogP) is 1.61. The molecule has 0 aromatic heterocycles. The minimum absolute atomic E-state index is 0.231. The van der Waals surface area contributed by atoms with Crippen LogP contribution in [0.3, 0.4) is 0 Å². The van der Waals surface area contributed by atoms with Crippen LogP contribution in [0.2, 0.25) is 0 Å². The molecule has 1 amide bonds. The first-order chi connectivity index (χ1) is 7.78. The van der Waals surface area contributed by atoms with E-state index >= 15 is 0 Å². The van der Waals surface area contributed by atoms with E-state index in [-0.39, 0.29) is 9.37 Å². The zero-order chi connectivity index (χ0) is 13.2. The van der Waals surface area contributed by atoms with Crippen LogP contribution in [0, 0.1) is 0 Å². The normalized spacial score (nSPS) is 13.2. The van der Waals surface area contributed by atoms with Gasteiger partial charge in [0.2, 0.25) is 9.84 Å². The molecule has 0 aliphatic rings. The lowest BCUT2D eigenvalue weighted by Gasteiger charge is -2.15. The van der Waals surface area contributed by atoms with Gasteiger partial charge in [-0.25, -0.2) is 12.8 Å². The summed E-state index contributed by atoms with van der Waals surface area (Å²) in [6.07, 6.45) is 0. The second-order valence-electron chi connectivity index (χ2n) is 3.52. The lowest BCUT2D eigenvalue weighted by molar-refractivity contribution is -0.131. The number of nitrogens with zero attached hydrogens (tertiary/aromatic N) is 1. The zero-order valence-electron chi connectivity index (χ0n) is 9.22. The fraction of sp³-hybridized carbons (Fsp3) is 0.300.